The van der Waals surface area contributed by atoms with Crippen molar-refractivity contribution in [3.05, 3.63) is 46.7 Å². The first-order chi connectivity index (χ1) is 14.2. The molecule has 1 aliphatic heterocycles. The maximum atomic E-state index is 13.3. The Labute approximate surface area is 173 Å². The number of anilines is 1. The average Bonchev–Trinajstić information content (AvgIpc) is 3.33. The Bertz CT molecular complexity index is 1070. The lowest BCUT2D eigenvalue weighted by molar-refractivity contribution is -0.134. The van der Waals surface area contributed by atoms with Crippen LogP contribution >= 0.6 is 11.3 Å². The second-order valence-corrected chi connectivity index (χ2v) is 8.12. The van der Waals surface area contributed by atoms with E-state index in [2.05, 4.69) is 20.3 Å². The summed E-state index contributed by atoms with van der Waals surface area (Å²) in [5, 5.41) is 12.8. The van der Waals surface area contributed by atoms with E-state index in [1.807, 2.05) is 13.0 Å². The molecule has 3 aromatic rings. The van der Waals surface area contributed by atoms with Crippen LogP contribution in [0.5, 0.6) is 0 Å². The van der Waals surface area contributed by atoms with Gasteiger partial charge in [0.2, 0.25) is 5.95 Å². The van der Waals surface area contributed by atoms with E-state index in [-0.39, 0.29) is 34.4 Å². The number of aliphatic hydroxyl groups excluding tert-OH is 1. The van der Waals surface area contributed by atoms with E-state index in [1.54, 1.807) is 18.5 Å². The molecule has 158 valence electrons. The Kier molecular flexibility index (Phi) is 5.33. The highest BCUT2D eigenvalue weighted by molar-refractivity contribution is 7.19. The zero-order chi connectivity index (χ0) is 21.5. The molecule has 0 spiro atoms. The van der Waals surface area contributed by atoms with Crippen molar-refractivity contribution in [2.75, 3.05) is 18.4 Å². The van der Waals surface area contributed by atoms with E-state index in [9.17, 15) is 23.1 Å². The van der Waals surface area contributed by atoms with Crippen LogP contribution in [0.4, 0.5) is 19.1 Å². The van der Waals surface area contributed by atoms with Crippen molar-refractivity contribution in [3.8, 4) is 0 Å². The third kappa shape index (κ3) is 4.08. The molecular formula is C19H18F3N5O2S. The molecule has 1 saturated heterocycles. The molecule has 7 nitrogen and oxygen atoms in total. The van der Waals surface area contributed by atoms with Crippen LogP contribution in [0.2, 0.25) is 0 Å². The van der Waals surface area contributed by atoms with Crippen LogP contribution in [0, 0.1) is 0 Å². The fourth-order valence-electron chi connectivity index (χ4n) is 3.26. The smallest absolute Gasteiger partial charge is 0.391 e. The Morgan fingerprint density at radius 3 is 2.83 bits per heavy atom. The summed E-state index contributed by atoms with van der Waals surface area (Å²) in [6, 6.07) is 4.25. The molecule has 30 heavy (non-hydrogen) atoms. The minimum Gasteiger partial charge on any atom is -0.391 e. The van der Waals surface area contributed by atoms with Gasteiger partial charge >= 0.3 is 6.18 Å². The van der Waals surface area contributed by atoms with Crippen LogP contribution in [0.1, 0.15) is 40.3 Å². The van der Waals surface area contributed by atoms with Gasteiger partial charge in [-0.15, -0.1) is 11.3 Å². The van der Waals surface area contributed by atoms with E-state index < -0.39 is 23.1 Å². The fourth-order valence-corrected chi connectivity index (χ4v) is 4.21. The maximum Gasteiger partial charge on any atom is 0.425 e. The van der Waals surface area contributed by atoms with Crippen LogP contribution in [-0.4, -0.2) is 50.1 Å². The Balaban J connectivity index is 1.75. The van der Waals surface area contributed by atoms with E-state index >= 15 is 0 Å². The number of thiophene rings is 1. The molecule has 0 radical (unpaired) electrons. The number of aliphatic hydroxyl groups is 1. The average molecular weight is 437 g/mol. The molecule has 1 amide bonds. The number of pyridine rings is 1. The van der Waals surface area contributed by atoms with Gasteiger partial charge in [-0.2, -0.15) is 13.2 Å². The molecule has 2 unspecified atom stereocenters. The van der Waals surface area contributed by atoms with Crippen LogP contribution in [0.3, 0.4) is 0 Å². The number of nitrogens with zero attached hydrogens (tertiary/aromatic N) is 4. The first-order valence-corrected chi connectivity index (χ1v) is 10.1. The molecule has 0 aliphatic carbocycles. The second-order valence-electron chi connectivity index (χ2n) is 7.06. The lowest BCUT2D eigenvalue weighted by atomic mass is 10.1. The summed E-state index contributed by atoms with van der Waals surface area (Å²) in [6.07, 6.45) is -1.50. The van der Waals surface area contributed by atoms with Crippen molar-refractivity contribution in [2.24, 2.45) is 0 Å². The highest BCUT2D eigenvalue weighted by Gasteiger charge is 2.35. The largest absolute Gasteiger partial charge is 0.425 e. The van der Waals surface area contributed by atoms with Gasteiger partial charge in [0.05, 0.1) is 22.4 Å². The number of fused-ring (bicyclic) bond motifs is 1. The predicted molar refractivity (Wildman–Crippen MR) is 105 cm³/mol. The van der Waals surface area contributed by atoms with Crippen molar-refractivity contribution in [3.63, 3.8) is 0 Å². The van der Waals surface area contributed by atoms with Crippen molar-refractivity contribution < 1.29 is 23.1 Å². The van der Waals surface area contributed by atoms with Gasteiger partial charge in [0.1, 0.15) is 4.88 Å². The zero-order valence-corrected chi connectivity index (χ0v) is 16.7. The molecule has 0 saturated carbocycles. The topological polar surface area (TPSA) is 91.2 Å². The minimum atomic E-state index is -4.55. The lowest BCUT2D eigenvalue weighted by Gasteiger charge is -2.17. The Morgan fingerprint density at radius 1 is 1.40 bits per heavy atom. The standard InChI is InChI=1S/C19H18F3N5O2S/c1-10(11-3-2-5-23-8-11)24-18-25-13-7-14(19(20,21)22)30-16(13)15(26-18)17(29)27-6-4-12(28)9-27/h2-3,5,7-8,10,12,28H,4,6,9H2,1H3,(H,24,25,26). The predicted octanol–water partition coefficient (Wildman–Crippen LogP) is 3.49. The number of β-amino-alcohol motifs (C(OH)–C–C–N with tert-alkyl or cyclic N) is 1. The van der Waals surface area contributed by atoms with E-state index in [0.717, 1.165) is 11.6 Å². The molecule has 1 aliphatic rings. The minimum absolute atomic E-state index is 0.0475. The normalized spacial score (nSPS) is 18.0. The molecular weight excluding hydrogens is 419 g/mol. The number of hydrogen-bond donors (Lipinski definition) is 2. The monoisotopic (exact) mass is 437 g/mol. The fraction of sp³-hybridized carbons (Fsp3) is 0.368. The van der Waals surface area contributed by atoms with Crippen molar-refractivity contribution in [1.29, 1.82) is 0 Å². The molecule has 0 aromatic carbocycles. The highest BCUT2D eigenvalue weighted by Crippen LogP contribution is 2.39. The number of aromatic nitrogens is 3. The van der Waals surface area contributed by atoms with Crippen molar-refractivity contribution in [2.45, 2.75) is 31.7 Å². The molecule has 1 fully saturated rings. The summed E-state index contributed by atoms with van der Waals surface area (Å²) >= 11 is 0.445. The number of halogens is 3. The lowest BCUT2D eigenvalue weighted by Crippen LogP contribution is -2.30. The van der Waals surface area contributed by atoms with Crippen molar-refractivity contribution >= 4 is 33.4 Å². The Morgan fingerprint density at radius 2 is 2.20 bits per heavy atom. The van der Waals surface area contributed by atoms with Crippen LogP contribution in [0.15, 0.2) is 30.6 Å². The summed E-state index contributed by atoms with van der Waals surface area (Å²) in [7, 11) is 0. The third-order valence-electron chi connectivity index (χ3n) is 4.83. The SMILES string of the molecule is CC(Nc1nc(C(=O)N2CCC(O)C2)c2sc(C(F)(F)F)cc2n1)c1cccnc1. The number of alkyl halides is 3. The van der Waals surface area contributed by atoms with Gasteiger partial charge in [0, 0.05) is 25.5 Å². The number of nitrogens with one attached hydrogen (secondary N) is 1. The molecule has 2 N–H and O–H groups in total. The van der Waals surface area contributed by atoms with Crippen LogP contribution < -0.4 is 5.32 Å². The van der Waals surface area contributed by atoms with Gasteiger partial charge in [-0.3, -0.25) is 9.78 Å². The van der Waals surface area contributed by atoms with Gasteiger partial charge in [0.15, 0.2) is 5.69 Å². The number of carbonyl (C=O) groups excluding carboxylic acids is 1. The highest BCUT2D eigenvalue weighted by atomic mass is 32.1. The van der Waals surface area contributed by atoms with Crippen molar-refractivity contribution in [1.82, 2.24) is 19.9 Å². The van der Waals surface area contributed by atoms with E-state index in [1.165, 1.54) is 4.90 Å². The molecule has 2 atom stereocenters. The maximum absolute atomic E-state index is 13.3. The summed E-state index contributed by atoms with van der Waals surface area (Å²) in [4.78, 5) is 26.0. The summed E-state index contributed by atoms with van der Waals surface area (Å²) < 4.78 is 39.8. The number of hydrogen-bond acceptors (Lipinski definition) is 7. The first-order valence-electron chi connectivity index (χ1n) is 9.25. The number of likely N-dealkylation sites (tertiary alicyclic amines) is 1. The van der Waals surface area contributed by atoms with Gasteiger partial charge in [-0.1, -0.05) is 6.07 Å². The second kappa shape index (κ2) is 7.80. The van der Waals surface area contributed by atoms with E-state index in [4.69, 9.17) is 0 Å². The number of rotatable bonds is 4. The first kappa shape index (κ1) is 20.5. The molecule has 4 heterocycles. The Hall–Kier alpha value is -2.79. The molecule has 0 bridgehead atoms. The quantitative estimate of drug-likeness (QED) is 0.649. The molecule has 3 aromatic heterocycles. The van der Waals surface area contributed by atoms with Crippen LogP contribution in [-0.2, 0) is 6.18 Å². The van der Waals surface area contributed by atoms with Crippen LogP contribution in [0.25, 0.3) is 10.2 Å². The van der Waals surface area contributed by atoms with Gasteiger partial charge < -0.3 is 15.3 Å². The zero-order valence-electron chi connectivity index (χ0n) is 15.8. The summed E-state index contributed by atoms with van der Waals surface area (Å²) in [5.41, 5.74) is 0.778. The summed E-state index contributed by atoms with van der Waals surface area (Å²) in [6.45, 7) is 2.27. The van der Waals surface area contributed by atoms with Gasteiger partial charge in [0.25, 0.3) is 5.91 Å². The molecule has 11 heteroatoms. The van der Waals surface area contributed by atoms with Gasteiger partial charge in [-0.05, 0) is 31.0 Å². The number of amides is 1. The molecule has 4 rings (SSSR count). The third-order valence-corrected chi connectivity index (χ3v) is 6.01. The number of carbonyl (C=O) groups is 1. The van der Waals surface area contributed by atoms with Gasteiger partial charge in [-0.25, -0.2) is 9.97 Å². The van der Waals surface area contributed by atoms with E-state index in [0.29, 0.717) is 24.3 Å². The summed E-state index contributed by atoms with van der Waals surface area (Å²) in [5.74, 6) is -0.472.